The van der Waals surface area contributed by atoms with E-state index in [1.165, 1.54) is 29.0 Å². The van der Waals surface area contributed by atoms with Gasteiger partial charge in [0.1, 0.15) is 5.82 Å². The standard InChI is InChI=1S/C24H21ClFN5O3/c1-14-9-20(22(34-2)12-28-14)30-24-27-7-5-19(29-24)15-6-8-31(23(33)11-15)21(13-32)16-3-4-17(25)18(26)10-16/h3-12,21,32H,13H2,1-2H3,(H,27,28,29,30). The van der Waals surface area contributed by atoms with E-state index in [1.807, 2.05) is 13.0 Å². The summed E-state index contributed by atoms with van der Waals surface area (Å²) < 4.78 is 20.6. The van der Waals surface area contributed by atoms with E-state index in [0.29, 0.717) is 34.2 Å². The van der Waals surface area contributed by atoms with Gasteiger partial charge in [0.2, 0.25) is 5.95 Å². The maximum Gasteiger partial charge on any atom is 0.251 e. The van der Waals surface area contributed by atoms with Crippen LogP contribution in [0.1, 0.15) is 17.3 Å². The van der Waals surface area contributed by atoms with Crippen molar-refractivity contribution in [3.05, 3.63) is 93.5 Å². The highest BCUT2D eigenvalue weighted by Gasteiger charge is 2.17. The van der Waals surface area contributed by atoms with Crippen molar-refractivity contribution in [2.75, 3.05) is 19.0 Å². The monoisotopic (exact) mass is 481 g/mol. The van der Waals surface area contributed by atoms with Crippen molar-refractivity contribution >= 4 is 23.2 Å². The Balaban J connectivity index is 1.64. The molecule has 0 aliphatic heterocycles. The highest BCUT2D eigenvalue weighted by molar-refractivity contribution is 6.30. The molecular weight excluding hydrogens is 461 g/mol. The first-order valence-corrected chi connectivity index (χ1v) is 10.7. The fourth-order valence-electron chi connectivity index (χ4n) is 3.49. The van der Waals surface area contributed by atoms with Crippen LogP contribution in [0.5, 0.6) is 5.75 Å². The number of nitrogens with zero attached hydrogens (tertiary/aromatic N) is 4. The second-order valence-corrected chi connectivity index (χ2v) is 7.86. The molecular formula is C24H21ClFN5O3. The van der Waals surface area contributed by atoms with Gasteiger partial charge < -0.3 is 19.7 Å². The molecule has 0 aliphatic carbocycles. The molecule has 1 unspecified atom stereocenters. The summed E-state index contributed by atoms with van der Waals surface area (Å²) in [6.07, 6.45) is 4.71. The zero-order valence-electron chi connectivity index (χ0n) is 18.4. The summed E-state index contributed by atoms with van der Waals surface area (Å²) in [6.45, 7) is 1.46. The Hall–Kier alpha value is -3.82. The van der Waals surface area contributed by atoms with Crippen molar-refractivity contribution in [3.8, 4) is 17.0 Å². The summed E-state index contributed by atoms with van der Waals surface area (Å²) in [7, 11) is 1.54. The Morgan fingerprint density at radius 3 is 2.74 bits per heavy atom. The van der Waals surface area contributed by atoms with Crippen LogP contribution in [0.2, 0.25) is 5.02 Å². The Morgan fingerprint density at radius 1 is 1.21 bits per heavy atom. The van der Waals surface area contributed by atoms with Crippen LogP contribution >= 0.6 is 11.6 Å². The quantitative estimate of drug-likeness (QED) is 0.409. The predicted octanol–water partition coefficient (Wildman–Crippen LogP) is 4.14. The number of rotatable bonds is 7. The second-order valence-electron chi connectivity index (χ2n) is 7.45. The molecule has 3 aromatic heterocycles. The minimum Gasteiger partial charge on any atom is -0.493 e. The number of aliphatic hydroxyl groups is 1. The Kier molecular flexibility index (Phi) is 6.85. The number of methoxy groups -OCH3 is 1. The van der Waals surface area contributed by atoms with Crippen molar-refractivity contribution in [2.24, 2.45) is 0 Å². The summed E-state index contributed by atoms with van der Waals surface area (Å²) in [6, 6.07) is 9.99. The van der Waals surface area contributed by atoms with Crippen LogP contribution in [0.25, 0.3) is 11.3 Å². The average molecular weight is 482 g/mol. The number of anilines is 2. The Bertz CT molecular complexity index is 1400. The van der Waals surface area contributed by atoms with E-state index in [2.05, 4.69) is 20.3 Å². The van der Waals surface area contributed by atoms with Crippen molar-refractivity contribution in [3.63, 3.8) is 0 Å². The fourth-order valence-corrected chi connectivity index (χ4v) is 3.61. The average Bonchev–Trinajstić information content (AvgIpc) is 2.83. The molecule has 1 aromatic carbocycles. The molecule has 0 fully saturated rings. The van der Waals surface area contributed by atoms with Crippen molar-refractivity contribution in [1.82, 2.24) is 19.5 Å². The van der Waals surface area contributed by atoms with Gasteiger partial charge in [-0.15, -0.1) is 0 Å². The normalized spacial score (nSPS) is 11.8. The third kappa shape index (κ3) is 4.90. The topological polar surface area (TPSA) is 102 Å². The number of aliphatic hydroxyl groups excluding tert-OH is 1. The highest BCUT2D eigenvalue weighted by atomic mass is 35.5. The molecule has 0 spiro atoms. The molecule has 3 heterocycles. The first kappa shape index (κ1) is 23.3. The molecule has 0 radical (unpaired) electrons. The summed E-state index contributed by atoms with van der Waals surface area (Å²) in [5, 5.41) is 13.0. The van der Waals surface area contributed by atoms with Crippen molar-refractivity contribution < 1.29 is 14.2 Å². The second kappa shape index (κ2) is 9.98. The number of aryl methyl sites for hydroxylation is 1. The number of nitrogens with one attached hydrogen (secondary N) is 1. The number of hydrogen-bond donors (Lipinski definition) is 2. The third-order valence-electron chi connectivity index (χ3n) is 5.21. The van der Waals surface area contributed by atoms with Crippen LogP contribution in [0.4, 0.5) is 16.0 Å². The van der Waals surface area contributed by atoms with E-state index in [-0.39, 0.29) is 10.6 Å². The van der Waals surface area contributed by atoms with Crippen LogP contribution in [0.15, 0.2) is 65.8 Å². The maximum absolute atomic E-state index is 13.9. The number of benzene rings is 1. The molecule has 0 saturated carbocycles. The van der Waals surface area contributed by atoms with Gasteiger partial charge >= 0.3 is 0 Å². The maximum atomic E-state index is 13.9. The highest BCUT2D eigenvalue weighted by Crippen LogP contribution is 2.27. The molecule has 0 saturated heterocycles. The van der Waals surface area contributed by atoms with E-state index in [0.717, 1.165) is 5.69 Å². The molecule has 0 bridgehead atoms. The van der Waals surface area contributed by atoms with Gasteiger partial charge in [-0.25, -0.2) is 14.4 Å². The first-order chi connectivity index (χ1) is 16.4. The van der Waals surface area contributed by atoms with E-state index in [9.17, 15) is 14.3 Å². The SMILES string of the molecule is COc1cnc(C)cc1Nc1nccc(-c2ccn(C(CO)c3ccc(Cl)c(F)c3)c(=O)c2)n1. The summed E-state index contributed by atoms with van der Waals surface area (Å²) in [4.78, 5) is 25.8. The molecule has 174 valence electrons. The molecule has 0 amide bonds. The number of ether oxygens (including phenoxy) is 1. The molecule has 1 atom stereocenters. The van der Waals surface area contributed by atoms with Crippen molar-refractivity contribution in [1.29, 1.82) is 0 Å². The summed E-state index contributed by atoms with van der Waals surface area (Å²) in [5.74, 6) is 0.232. The van der Waals surface area contributed by atoms with Crippen LogP contribution in [0.3, 0.4) is 0 Å². The van der Waals surface area contributed by atoms with Gasteiger partial charge in [-0.2, -0.15) is 0 Å². The lowest BCUT2D eigenvalue weighted by molar-refractivity contribution is 0.247. The van der Waals surface area contributed by atoms with Gasteiger partial charge in [-0.1, -0.05) is 17.7 Å². The van der Waals surface area contributed by atoms with Crippen LogP contribution in [-0.2, 0) is 0 Å². The molecule has 34 heavy (non-hydrogen) atoms. The summed E-state index contributed by atoms with van der Waals surface area (Å²) >= 11 is 5.75. The smallest absolute Gasteiger partial charge is 0.251 e. The van der Waals surface area contributed by atoms with Gasteiger partial charge in [0, 0.05) is 29.7 Å². The molecule has 2 N–H and O–H groups in total. The molecule has 10 heteroatoms. The summed E-state index contributed by atoms with van der Waals surface area (Å²) in [5.41, 5.74) is 2.57. The van der Waals surface area contributed by atoms with E-state index in [4.69, 9.17) is 16.3 Å². The number of pyridine rings is 2. The number of hydrogen-bond acceptors (Lipinski definition) is 7. The minimum absolute atomic E-state index is 0.0316. The number of aromatic nitrogens is 4. The molecule has 0 aliphatic rings. The van der Waals surface area contributed by atoms with E-state index < -0.39 is 18.5 Å². The predicted molar refractivity (Wildman–Crippen MR) is 127 cm³/mol. The molecule has 4 aromatic rings. The third-order valence-corrected chi connectivity index (χ3v) is 5.51. The largest absolute Gasteiger partial charge is 0.493 e. The zero-order valence-corrected chi connectivity index (χ0v) is 19.1. The van der Waals surface area contributed by atoms with Gasteiger partial charge in [0.05, 0.1) is 42.4 Å². The molecule has 4 rings (SSSR count). The van der Waals surface area contributed by atoms with Gasteiger partial charge in [0.25, 0.3) is 5.56 Å². The lowest BCUT2D eigenvalue weighted by Gasteiger charge is -2.18. The van der Waals surface area contributed by atoms with Gasteiger partial charge in [-0.3, -0.25) is 9.78 Å². The fraction of sp³-hybridized carbons (Fsp3) is 0.167. The minimum atomic E-state index is -0.765. The van der Waals surface area contributed by atoms with Crippen LogP contribution in [-0.4, -0.2) is 38.3 Å². The Morgan fingerprint density at radius 2 is 2.03 bits per heavy atom. The zero-order chi connectivity index (χ0) is 24.2. The van der Waals surface area contributed by atoms with Gasteiger partial charge in [-0.05, 0) is 42.8 Å². The van der Waals surface area contributed by atoms with E-state index >= 15 is 0 Å². The van der Waals surface area contributed by atoms with E-state index in [1.54, 1.807) is 37.7 Å². The van der Waals surface area contributed by atoms with Crippen LogP contribution < -0.4 is 15.6 Å². The van der Waals surface area contributed by atoms with Crippen molar-refractivity contribution in [2.45, 2.75) is 13.0 Å². The van der Waals surface area contributed by atoms with Gasteiger partial charge in [0.15, 0.2) is 5.75 Å². The lowest BCUT2D eigenvalue weighted by Crippen LogP contribution is -2.27. The molecule has 8 nitrogen and oxygen atoms in total. The van der Waals surface area contributed by atoms with Crippen LogP contribution in [0, 0.1) is 12.7 Å². The first-order valence-electron chi connectivity index (χ1n) is 10.3. The number of halogens is 2. The Labute approximate surface area is 199 Å². The lowest BCUT2D eigenvalue weighted by atomic mass is 10.1.